The molecule has 0 unspecified atom stereocenters. The topological polar surface area (TPSA) is 69.7 Å². The Bertz CT molecular complexity index is 966. The minimum Gasteiger partial charge on any atom is -0.493 e. The van der Waals surface area contributed by atoms with Crippen LogP contribution in [0.3, 0.4) is 0 Å². The minimum absolute atomic E-state index is 0.171. The van der Waals surface area contributed by atoms with Crippen molar-refractivity contribution in [1.82, 2.24) is 4.98 Å². The number of para-hydroxylation sites is 1. The summed E-state index contributed by atoms with van der Waals surface area (Å²) >= 11 is 0. The number of carbonyl (C=O) groups is 1. The second-order valence-electron chi connectivity index (χ2n) is 6.45. The Hall–Kier alpha value is -3.61. The highest BCUT2D eigenvalue weighted by Crippen LogP contribution is 2.31. The molecule has 0 spiro atoms. The number of hydrogen-bond acceptors (Lipinski definition) is 5. The van der Waals surface area contributed by atoms with Gasteiger partial charge in [-0.2, -0.15) is 0 Å². The number of methoxy groups -OCH3 is 1. The summed E-state index contributed by atoms with van der Waals surface area (Å²) in [7, 11) is 1.56. The number of amides is 1. The van der Waals surface area contributed by atoms with Crippen LogP contribution in [0.5, 0.6) is 17.2 Å². The number of benzene rings is 2. The van der Waals surface area contributed by atoms with Crippen molar-refractivity contribution in [2.75, 3.05) is 19.0 Å². The molecule has 3 aromatic rings. The van der Waals surface area contributed by atoms with Crippen LogP contribution in [-0.2, 0) is 11.4 Å². The first-order valence-corrected chi connectivity index (χ1v) is 9.52. The lowest BCUT2D eigenvalue weighted by atomic mass is 10.2. The normalized spacial score (nSPS) is 10.3. The highest BCUT2D eigenvalue weighted by Gasteiger charge is 2.09. The average Bonchev–Trinajstić information content (AvgIpc) is 2.77. The number of hydrogen-bond donors (Lipinski definition) is 1. The van der Waals surface area contributed by atoms with Crippen LogP contribution in [0.2, 0.25) is 0 Å². The summed E-state index contributed by atoms with van der Waals surface area (Å²) < 4.78 is 30.0. The lowest BCUT2D eigenvalue weighted by Crippen LogP contribution is -2.13. The smallest absolute Gasteiger partial charge is 0.224 e. The molecule has 156 valence electrons. The lowest BCUT2D eigenvalue weighted by Gasteiger charge is -2.13. The van der Waals surface area contributed by atoms with Crippen LogP contribution in [0.25, 0.3) is 0 Å². The van der Waals surface area contributed by atoms with Crippen LogP contribution >= 0.6 is 0 Å². The van der Waals surface area contributed by atoms with Crippen molar-refractivity contribution < 1.29 is 23.4 Å². The number of halogens is 1. The van der Waals surface area contributed by atoms with Gasteiger partial charge < -0.3 is 19.5 Å². The van der Waals surface area contributed by atoms with Crippen molar-refractivity contribution in [3.8, 4) is 17.2 Å². The van der Waals surface area contributed by atoms with Crippen molar-refractivity contribution >= 4 is 11.6 Å². The molecule has 0 aliphatic rings. The minimum atomic E-state index is -0.418. The summed E-state index contributed by atoms with van der Waals surface area (Å²) in [5, 5.41) is 2.83. The Morgan fingerprint density at radius 2 is 1.90 bits per heavy atom. The fraction of sp³-hybridized carbons (Fsp3) is 0.217. The molecule has 0 fully saturated rings. The van der Waals surface area contributed by atoms with Crippen molar-refractivity contribution in [3.05, 3.63) is 78.4 Å². The third kappa shape index (κ3) is 6.20. The number of anilines is 1. The van der Waals surface area contributed by atoms with Gasteiger partial charge in [-0.05, 0) is 36.8 Å². The maximum atomic E-state index is 13.5. The van der Waals surface area contributed by atoms with Gasteiger partial charge in [0.1, 0.15) is 6.61 Å². The molecule has 0 aliphatic carbocycles. The monoisotopic (exact) mass is 410 g/mol. The predicted molar refractivity (Wildman–Crippen MR) is 111 cm³/mol. The fourth-order valence-corrected chi connectivity index (χ4v) is 2.71. The molecular weight excluding hydrogens is 387 g/mol. The van der Waals surface area contributed by atoms with E-state index in [2.05, 4.69) is 10.3 Å². The van der Waals surface area contributed by atoms with E-state index >= 15 is 0 Å². The summed E-state index contributed by atoms with van der Waals surface area (Å²) in [5.41, 5.74) is 1.51. The highest BCUT2D eigenvalue weighted by molar-refractivity contribution is 5.91. The number of rotatable bonds is 10. The quantitative estimate of drug-likeness (QED) is 0.495. The van der Waals surface area contributed by atoms with E-state index in [-0.39, 0.29) is 24.7 Å². The van der Waals surface area contributed by atoms with E-state index in [9.17, 15) is 9.18 Å². The van der Waals surface area contributed by atoms with Gasteiger partial charge >= 0.3 is 0 Å². The number of pyridine rings is 1. The second kappa shape index (κ2) is 10.8. The van der Waals surface area contributed by atoms with Crippen LogP contribution in [0, 0.1) is 5.82 Å². The van der Waals surface area contributed by atoms with Crippen LogP contribution in [0.4, 0.5) is 10.1 Å². The molecule has 6 nitrogen and oxygen atoms in total. The van der Waals surface area contributed by atoms with Crippen molar-refractivity contribution in [2.45, 2.75) is 19.4 Å². The van der Waals surface area contributed by atoms with Gasteiger partial charge in [0.2, 0.25) is 5.91 Å². The number of ether oxygens (including phenoxy) is 3. The van der Waals surface area contributed by atoms with Gasteiger partial charge in [0.05, 0.1) is 13.7 Å². The first-order chi connectivity index (χ1) is 14.7. The molecule has 2 aromatic carbocycles. The zero-order chi connectivity index (χ0) is 21.2. The summed E-state index contributed by atoms with van der Waals surface area (Å²) in [6.45, 7) is 0.575. The number of nitrogens with zero attached hydrogens (tertiary/aromatic N) is 1. The third-order valence-electron chi connectivity index (χ3n) is 4.21. The standard InChI is InChI=1S/C23H23FN2O4/c1-28-21-11-10-18(14-22(21)30-16-17-6-4-12-25-15-17)26-23(27)9-5-13-29-20-8-3-2-7-19(20)24/h2-4,6-8,10-12,14-15H,5,9,13,16H2,1H3,(H,26,27). The number of nitrogens with one attached hydrogen (secondary N) is 1. The van der Waals surface area contributed by atoms with E-state index in [4.69, 9.17) is 14.2 Å². The Morgan fingerprint density at radius 1 is 1.03 bits per heavy atom. The molecule has 1 N–H and O–H groups in total. The van der Waals surface area contributed by atoms with E-state index in [0.717, 1.165) is 5.56 Å². The summed E-state index contributed by atoms with van der Waals surface area (Å²) in [5.74, 6) is 0.676. The van der Waals surface area contributed by atoms with E-state index < -0.39 is 5.82 Å². The maximum absolute atomic E-state index is 13.5. The average molecular weight is 410 g/mol. The molecule has 0 atom stereocenters. The Balaban J connectivity index is 1.50. The molecule has 0 aliphatic heterocycles. The maximum Gasteiger partial charge on any atom is 0.224 e. The molecule has 0 saturated heterocycles. The SMILES string of the molecule is COc1ccc(NC(=O)CCCOc2ccccc2F)cc1OCc1cccnc1. The Morgan fingerprint density at radius 3 is 2.67 bits per heavy atom. The third-order valence-corrected chi connectivity index (χ3v) is 4.21. The molecule has 30 heavy (non-hydrogen) atoms. The molecule has 0 bridgehead atoms. The van der Waals surface area contributed by atoms with E-state index in [1.54, 1.807) is 55.9 Å². The van der Waals surface area contributed by atoms with Gasteiger partial charge in [-0.3, -0.25) is 9.78 Å². The molecule has 1 heterocycles. The van der Waals surface area contributed by atoms with Gasteiger partial charge in [-0.25, -0.2) is 4.39 Å². The van der Waals surface area contributed by atoms with Crippen LogP contribution in [-0.4, -0.2) is 24.6 Å². The molecular formula is C23H23FN2O4. The van der Waals surface area contributed by atoms with Crippen molar-refractivity contribution in [1.29, 1.82) is 0 Å². The van der Waals surface area contributed by atoms with Gasteiger partial charge in [0.15, 0.2) is 23.1 Å². The largest absolute Gasteiger partial charge is 0.493 e. The first-order valence-electron chi connectivity index (χ1n) is 9.52. The Kier molecular flexibility index (Phi) is 7.60. The van der Waals surface area contributed by atoms with Crippen LogP contribution in [0.1, 0.15) is 18.4 Å². The van der Waals surface area contributed by atoms with Gasteiger partial charge in [-0.1, -0.05) is 18.2 Å². The zero-order valence-corrected chi connectivity index (χ0v) is 16.6. The van der Waals surface area contributed by atoms with E-state index in [1.165, 1.54) is 6.07 Å². The summed E-state index contributed by atoms with van der Waals surface area (Å²) in [4.78, 5) is 16.3. The molecule has 0 radical (unpaired) electrons. The first kappa shape index (κ1) is 21.1. The Labute approximate surface area is 174 Å². The molecule has 1 amide bonds. The second-order valence-corrected chi connectivity index (χ2v) is 6.45. The van der Waals surface area contributed by atoms with Crippen molar-refractivity contribution in [3.63, 3.8) is 0 Å². The zero-order valence-electron chi connectivity index (χ0n) is 16.6. The van der Waals surface area contributed by atoms with E-state index in [1.807, 2.05) is 12.1 Å². The molecule has 0 saturated carbocycles. The van der Waals surface area contributed by atoms with Crippen molar-refractivity contribution in [2.24, 2.45) is 0 Å². The molecule has 3 rings (SSSR count). The van der Waals surface area contributed by atoms with Gasteiger partial charge in [0, 0.05) is 36.1 Å². The van der Waals surface area contributed by atoms with Crippen LogP contribution in [0.15, 0.2) is 67.0 Å². The van der Waals surface area contributed by atoms with E-state index in [0.29, 0.717) is 30.2 Å². The fourth-order valence-electron chi connectivity index (χ4n) is 2.71. The molecule has 7 heteroatoms. The van der Waals surface area contributed by atoms with Crippen LogP contribution < -0.4 is 19.5 Å². The molecule has 1 aromatic heterocycles. The van der Waals surface area contributed by atoms with Gasteiger partial charge in [0.25, 0.3) is 0 Å². The number of aromatic nitrogens is 1. The lowest BCUT2D eigenvalue weighted by molar-refractivity contribution is -0.116. The van der Waals surface area contributed by atoms with Gasteiger partial charge in [-0.15, -0.1) is 0 Å². The summed E-state index contributed by atoms with van der Waals surface area (Å²) in [6, 6.07) is 15.1. The highest BCUT2D eigenvalue weighted by atomic mass is 19.1. The predicted octanol–water partition coefficient (Wildman–Crippen LogP) is 4.61. The number of carbonyl (C=O) groups excluding carboxylic acids is 1. The summed E-state index contributed by atoms with van der Waals surface area (Å²) in [6.07, 6.45) is 4.12.